The summed E-state index contributed by atoms with van der Waals surface area (Å²) in [5.74, 6) is 2.80. The zero-order valence-corrected chi connectivity index (χ0v) is 20.3. The number of hydrogen-bond acceptors (Lipinski definition) is 5. The lowest BCUT2D eigenvalue weighted by atomic mass is 10.0. The second kappa shape index (κ2) is 8.09. The smallest absolute Gasteiger partial charge is 0.138 e. The van der Waals surface area contributed by atoms with Crippen molar-refractivity contribution < 1.29 is 0 Å². The first-order valence-electron chi connectivity index (χ1n) is 12.5. The van der Waals surface area contributed by atoms with Gasteiger partial charge in [-0.05, 0) is 43.7 Å². The van der Waals surface area contributed by atoms with Crippen molar-refractivity contribution in [3.8, 4) is 22.5 Å². The summed E-state index contributed by atoms with van der Waals surface area (Å²) in [7, 11) is 0. The molecule has 0 saturated heterocycles. The van der Waals surface area contributed by atoms with Crippen molar-refractivity contribution in [2.45, 2.75) is 25.9 Å². The van der Waals surface area contributed by atoms with Gasteiger partial charge in [-0.2, -0.15) is 0 Å². The van der Waals surface area contributed by atoms with Gasteiger partial charge in [0.1, 0.15) is 17.5 Å². The van der Waals surface area contributed by atoms with Gasteiger partial charge in [0.05, 0.1) is 24.1 Å². The van der Waals surface area contributed by atoms with Crippen molar-refractivity contribution in [1.82, 2.24) is 25.6 Å². The molecule has 7 rings (SSSR count). The van der Waals surface area contributed by atoms with E-state index in [2.05, 4.69) is 111 Å². The minimum absolute atomic E-state index is 0.383. The number of aromatic amines is 2. The van der Waals surface area contributed by atoms with Gasteiger partial charge in [0.25, 0.3) is 0 Å². The number of rotatable bonds is 4. The molecule has 0 spiro atoms. The van der Waals surface area contributed by atoms with Crippen LogP contribution in [0.3, 0.4) is 0 Å². The van der Waals surface area contributed by atoms with E-state index in [-0.39, 0.29) is 0 Å². The second-order valence-corrected chi connectivity index (χ2v) is 9.83. The molecule has 2 aliphatic rings. The predicted octanol–water partition coefficient (Wildman–Crippen LogP) is 4.85. The highest BCUT2D eigenvalue weighted by Gasteiger charge is 2.17. The molecule has 0 aliphatic carbocycles. The molecule has 2 atom stereocenters. The molecule has 7 heteroatoms. The van der Waals surface area contributed by atoms with Gasteiger partial charge in [-0.15, -0.1) is 0 Å². The first-order valence-corrected chi connectivity index (χ1v) is 12.5. The topological polar surface area (TPSA) is 93.2 Å². The van der Waals surface area contributed by atoms with Crippen LogP contribution in [0.25, 0.3) is 44.5 Å². The largest absolute Gasteiger partial charge is 0.366 e. The number of imidazole rings is 1. The fourth-order valence-corrected chi connectivity index (χ4v) is 5.07. The van der Waals surface area contributed by atoms with E-state index in [1.54, 1.807) is 0 Å². The first-order chi connectivity index (χ1) is 17.6. The molecule has 3 aromatic carbocycles. The average molecular weight is 474 g/mol. The van der Waals surface area contributed by atoms with Crippen molar-refractivity contribution in [1.29, 1.82) is 0 Å². The number of aromatic nitrogens is 3. The molecule has 7 nitrogen and oxygen atoms in total. The van der Waals surface area contributed by atoms with Gasteiger partial charge in [-0.25, -0.2) is 4.98 Å². The van der Waals surface area contributed by atoms with E-state index in [0.717, 1.165) is 63.8 Å². The Morgan fingerprint density at radius 3 is 1.97 bits per heavy atom. The zero-order chi connectivity index (χ0) is 24.2. The third kappa shape index (κ3) is 3.55. The standard InChI is InChI=1S/C29H27N7/c1-16-13-31-27(33-16)20-7-9-22-23(15-30-25(22)11-20)18-3-5-19(6-4-18)29-35-24-10-8-21(12-26(24)36-29)28-32-14-17(2)34-28/h3-12,15-17,30H,13-14H2,1-2H3,(H,31,33)(H,32,34)(H,35,36). The molecule has 0 radical (unpaired) electrons. The highest BCUT2D eigenvalue weighted by atomic mass is 15.1. The van der Waals surface area contributed by atoms with Crippen molar-refractivity contribution >= 4 is 33.6 Å². The Morgan fingerprint density at radius 1 is 0.694 bits per heavy atom. The summed E-state index contributed by atoms with van der Waals surface area (Å²) in [5, 5.41) is 8.07. The Morgan fingerprint density at radius 2 is 1.31 bits per heavy atom. The van der Waals surface area contributed by atoms with Crippen molar-refractivity contribution in [2.24, 2.45) is 9.98 Å². The maximum atomic E-state index is 4.82. The molecule has 4 heterocycles. The molecule has 2 aliphatic heterocycles. The van der Waals surface area contributed by atoms with Gasteiger partial charge in [-0.1, -0.05) is 36.4 Å². The summed E-state index contributed by atoms with van der Waals surface area (Å²) >= 11 is 0. The molecule has 0 amide bonds. The minimum Gasteiger partial charge on any atom is -0.366 e. The van der Waals surface area contributed by atoms with Crippen molar-refractivity contribution in [3.63, 3.8) is 0 Å². The Balaban J connectivity index is 1.16. The molecular weight excluding hydrogens is 446 g/mol. The number of aliphatic imine (C=N–C) groups is 2. The van der Waals surface area contributed by atoms with Crippen LogP contribution < -0.4 is 10.6 Å². The molecule has 0 saturated carbocycles. The molecular formula is C29H27N7. The zero-order valence-electron chi connectivity index (χ0n) is 20.3. The first kappa shape index (κ1) is 20.9. The van der Waals surface area contributed by atoms with E-state index in [9.17, 15) is 0 Å². The second-order valence-electron chi connectivity index (χ2n) is 9.83. The van der Waals surface area contributed by atoms with Crippen LogP contribution in [0, 0.1) is 0 Å². The van der Waals surface area contributed by atoms with Gasteiger partial charge in [0, 0.05) is 51.4 Å². The van der Waals surface area contributed by atoms with E-state index < -0.39 is 0 Å². The van der Waals surface area contributed by atoms with Crippen LogP contribution in [0.2, 0.25) is 0 Å². The SMILES string of the molecule is CC1CN=C(c2ccc3nc(-c4ccc(-c5c[nH]c6cc(C7=NCC(C)N7)ccc56)cc4)[nH]c3c2)N1. The molecule has 2 unspecified atom stereocenters. The van der Waals surface area contributed by atoms with Crippen LogP contribution in [0.5, 0.6) is 0 Å². The number of hydrogen-bond donors (Lipinski definition) is 4. The highest BCUT2D eigenvalue weighted by Crippen LogP contribution is 2.31. The van der Waals surface area contributed by atoms with Crippen LogP contribution in [0.4, 0.5) is 0 Å². The lowest BCUT2D eigenvalue weighted by Gasteiger charge is -2.06. The van der Waals surface area contributed by atoms with Crippen LogP contribution in [0.15, 0.2) is 76.8 Å². The fraction of sp³-hybridized carbons (Fsp3) is 0.207. The summed E-state index contributed by atoms with van der Waals surface area (Å²) in [6.07, 6.45) is 2.08. The summed E-state index contributed by atoms with van der Waals surface area (Å²) in [5.41, 5.74) is 8.69. The van der Waals surface area contributed by atoms with Gasteiger partial charge < -0.3 is 20.6 Å². The number of nitrogens with zero attached hydrogens (tertiary/aromatic N) is 3. The molecule has 5 aromatic rings. The quantitative estimate of drug-likeness (QED) is 0.300. The Labute approximate surface area is 208 Å². The maximum absolute atomic E-state index is 4.82. The van der Waals surface area contributed by atoms with Crippen LogP contribution >= 0.6 is 0 Å². The lowest BCUT2D eigenvalue weighted by Crippen LogP contribution is -2.27. The third-order valence-corrected chi connectivity index (χ3v) is 6.99. The third-order valence-electron chi connectivity index (χ3n) is 6.99. The average Bonchev–Trinajstić information content (AvgIpc) is 3.69. The number of H-pyrrole nitrogens is 2. The number of benzene rings is 3. The number of amidine groups is 2. The minimum atomic E-state index is 0.383. The maximum Gasteiger partial charge on any atom is 0.138 e. The monoisotopic (exact) mass is 473 g/mol. The summed E-state index contributed by atoms with van der Waals surface area (Å²) in [6.45, 7) is 5.94. The normalized spacial score (nSPS) is 19.4. The van der Waals surface area contributed by atoms with Gasteiger partial charge in [0.15, 0.2) is 0 Å². The Hall–Kier alpha value is -4.39. The van der Waals surface area contributed by atoms with Crippen molar-refractivity contribution in [2.75, 3.05) is 13.1 Å². The Bertz CT molecular complexity index is 1670. The van der Waals surface area contributed by atoms with Crippen LogP contribution in [0.1, 0.15) is 25.0 Å². The van der Waals surface area contributed by atoms with E-state index in [0.29, 0.717) is 12.1 Å². The number of nitrogens with one attached hydrogen (secondary N) is 4. The van der Waals surface area contributed by atoms with E-state index in [1.165, 1.54) is 16.5 Å². The van der Waals surface area contributed by atoms with Gasteiger partial charge in [0.2, 0.25) is 0 Å². The molecule has 36 heavy (non-hydrogen) atoms. The van der Waals surface area contributed by atoms with E-state index in [1.807, 2.05) is 0 Å². The Kier molecular flexibility index (Phi) is 4.70. The lowest BCUT2D eigenvalue weighted by molar-refractivity contribution is 0.726. The highest BCUT2D eigenvalue weighted by molar-refractivity contribution is 6.05. The molecule has 0 fully saturated rings. The van der Waals surface area contributed by atoms with Crippen molar-refractivity contribution in [3.05, 3.63) is 78.0 Å². The summed E-state index contributed by atoms with van der Waals surface area (Å²) in [4.78, 5) is 21.0. The fourth-order valence-electron chi connectivity index (χ4n) is 5.07. The van der Waals surface area contributed by atoms with E-state index in [4.69, 9.17) is 4.98 Å². The van der Waals surface area contributed by atoms with Crippen LogP contribution in [-0.4, -0.2) is 51.8 Å². The predicted molar refractivity (Wildman–Crippen MR) is 147 cm³/mol. The summed E-state index contributed by atoms with van der Waals surface area (Å²) < 4.78 is 0. The van der Waals surface area contributed by atoms with Crippen LogP contribution in [-0.2, 0) is 0 Å². The van der Waals surface area contributed by atoms with E-state index >= 15 is 0 Å². The molecule has 4 N–H and O–H groups in total. The molecule has 0 bridgehead atoms. The van der Waals surface area contributed by atoms with Gasteiger partial charge >= 0.3 is 0 Å². The van der Waals surface area contributed by atoms with Gasteiger partial charge in [-0.3, -0.25) is 9.98 Å². The molecule has 178 valence electrons. The molecule has 2 aromatic heterocycles. The summed E-state index contributed by atoms with van der Waals surface area (Å²) in [6, 6.07) is 22.1. The number of fused-ring (bicyclic) bond motifs is 2.